The molecule has 1 saturated heterocycles. The summed E-state index contributed by atoms with van der Waals surface area (Å²) in [6.45, 7) is 1.97. The van der Waals surface area contributed by atoms with Gasteiger partial charge in [-0.1, -0.05) is 5.92 Å². The van der Waals surface area contributed by atoms with Crippen molar-refractivity contribution in [2.24, 2.45) is 0 Å². The topological polar surface area (TPSA) is 61.3 Å². The third-order valence-corrected chi connectivity index (χ3v) is 5.13. The smallest absolute Gasteiger partial charge is 0.156 e. The van der Waals surface area contributed by atoms with E-state index >= 15 is 0 Å². The van der Waals surface area contributed by atoms with Gasteiger partial charge < -0.3 is 15.3 Å². The molecule has 0 radical (unpaired) electrons. The standard InChI is InChI=1S/C22H21FN4O/c1-3-14-6-8-18(20(28)11-14)21-17-9-7-15(23)12-19(17)22(26-25-21)24-16-5-4-10-27(2)13-16/h1,6-9,11-12,16,28H,4-5,10,13H2,2H3,(H,24,26). The summed E-state index contributed by atoms with van der Waals surface area (Å²) in [5, 5.41) is 23.8. The van der Waals surface area contributed by atoms with E-state index in [1.54, 1.807) is 18.2 Å². The number of benzene rings is 2. The van der Waals surface area contributed by atoms with Crippen molar-refractivity contribution >= 4 is 16.6 Å². The molecule has 5 nitrogen and oxygen atoms in total. The van der Waals surface area contributed by atoms with Crippen molar-refractivity contribution in [2.45, 2.75) is 18.9 Å². The summed E-state index contributed by atoms with van der Waals surface area (Å²) in [6, 6.07) is 9.69. The molecule has 3 aromatic rings. The molecule has 28 heavy (non-hydrogen) atoms. The van der Waals surface area contributed by atoms with E-state index in [1.807, 2.05) is 0 Å². The summed E-state index contributed by atoms with van der Waals surface area (Å²) in [7, 11) is 2.09. The molecule has 2 aromatic carbocycles. The minimum Gasteiger partial charge on any atom is -0.507 e. The number of aromatic nitrogens is 2. The van der Waals surface area contributed by atoms with Gasteiger partial charge in [0, 0.05) is 34.5 Å². The number of halogens is 1. The number of rotatable bonds is 3. The van der Waals surface area contributed by atoms with Crippen LogP contribution in [0.3, 0.4) is 0 Å². The molecular formula is C22H21FN4O. The zero-order valence-corrected chi connectivity index (χ0v) is 15.6. The first-order valence-corrected chi connectivity index (χ1v) is 9.26. The minimum absolute atomic E-state index is 0.0185. The van der Waals surface area contributed by atoms with Crippen molar-refractivity contribution in [2.75, 3.05) is 25.5 Å². The Bertz CT molecular complexity index is 1080. The molecule has 0 bridgehead atoms. The molecule has 1 fully saturated rings. The van der Waals surface area contributed by atoms with Gasteiger partial charge in [0.05, 0.1) is 0 Å². The highest BCUT2D eigenvalue weighted by atomic mass is 19.1. The third-order valence-electron chi connectivity index (χ3n) is 5.13. The summed E-state index contributed by atoms with van der Waals surface area (Å²) in [5.41, 5.74) is 1.57. The zero-order valence-electron chi connectivity index (χ0n) is 15.6. The SMILES string of the molecule is C#Cc1ccc(-c2nnc(NC3CCCN(C)C3)c3cc(F)ccc23)c(O)c1. The van der Waals surface area contributed by atoms with Gasteiger partial charge in [0.2, 0.25) is 0 Å². The number of nitrogens with zero attached hydrogens (tertiary/aromatic N) is 3. The minimum atomic E-state index is -0.345. The average Bonchev–Trinajstić information content (AvgIpc) is 2.68. The van der Waals surface area contributed by atoms with Crippen LogP contribution in [0.15, 0.2) is 36.4 Å². The van der Waals surface area contributed by atoms with Crippen molar-refractivity contribution in [3.63, 3.8) is 0 Å². The van der Waals surface area contributed by atoms with Gasteiger partial charge in [-0.05, 0) is 62.8 Å². The first kappa shape index (κ1) is 18.2. The molecule has 2 heterocycles. The number of phenolic OH excluding ortho intramolecular Hbond substituents is 1. The first-order valence-electron chi connectivity index (χ1n) is 9.26. The summed E-state index contributed by atoms with van der Waals surface area (Å²) in [6.07, 6.45) is 7.52. The lowest BCUT2D eigenvalue weighted by molar-refractivity contribution is 0.261. The molecular weight excluding hydrogens is 355 g/mol. The molecule has 0 spiro atoms. The summed E-state index contributed by atoms with van der Waals surface area (Å²) in [5.74, 6) is 2.72. The maximum Gasteiger partial charge on any atom is 0.156 e. The second-order valence-corrected chi connectivity index (χ2v) is 7.21. The van der Waals surface area contributed by atoms with E-state index < -0.39 is 0 Å². The van der Waals surface area contributed by atoms with Crippen LogP contribution in [-0.2, 0) is 0 Å². The van der Waals surface area contributed by atoms with Crippen LogP contribution in [-0.4, -0.2) is 46.4 Å². The fourth-order valence-corrected chi connectivity index (χ4v) is 3.73. The molecule has 0 amide bonds. The maximum absolute atomic E-state index is 14.0. The number of phenols is 1. The predicted molar refractivity (Wildman–Crippen MR) is 109 cm³/mol. The van der Waals surface area contributed by atoms with E-state index in [4.69, 9.17) is 6.42 Å². The number of hydrogen-bond donors (Lipinski definition) is 2. The number of nitrogens with one attached hydrogen (secondary N) is 1. The van der Waals surface area contributed by atoms with Gasteiger partial charge >= 0.3 is 0 Å². The largest absolute Gasteiger partial charge is 0.507 e. The Morgan fingerprint density at radius 1 is 1.21 bits per heavy atom. The molecule has 1 aromatic heterocycles. The lowest BCUT2D eigenvalue weighted by atomic mass is 10.0. The lowest BCUT2D eigenvalue weighted by Gasteiger charge is -2.30. The molecule has 1 atom stereocenters. The molecule has 4 rings (SSSR count). The van der Waals surface area contributed by atoms with E-state index in [9.17, 15) is 9.50 Å². The van der Waals surface area contributed by atoms with Gasteiger partial charge in [-0.25, -0.2) is 4.39 Å². The molecule has 2 N–H and O–H groups in total. The van der Waals surface area contributed by atoms with Crippen molar-refractivity contribution in [1.82, 2.24) is 15.1 Å². The van der Waals surface area contributed by atoms with E-state index in [2.05, 4.69) is 33.4 Å². The number of piperidine rings is 1. The fraction of sp³-hybridized carbons (Fsp3) is 0.273. The molecule has 1 aliphatic heterocycles. The van der Waals surface area contributed by atoms with E-state index in [0.717, 1.165) is 25.9 Å². The first-order chi connectivity index (χ1) is 13.5. The van der Waals surface area contributed by atoms with E-state index in [0.29, 0.717) is 33.4 Å². The van der Waals surface area contributed by atoms with Crippen LogP contribution < -0.4 is 5.32 Å². The number of fused-ring (bicyclic) bond motifs is 1. The number of likely N-dealkylation sites (N-methyl/N-ethyl adjacent to an activating group) is 1. The third kappa shape index (κ3) is 3.49. The second kappa shape index (κ2) is 7.45. The van der Waals surface area contributed by atoms with Crippen molar-refractivity contribution in [1.29, 1.82) is 0 Å². The summed E-state index contributed by atoms with van der Waals surface area (Å²) in [4.78, 5) is 2.26. The quantitative estimate of drug-likeness (QED) is 0.684. The Balaban J connectivity index is 1.79. The van der Waals surface area contributed by atoms with Crippen LogP contribution in [0.1, 0.15) is 18.4 Å². The van der Waals surface area contributed by atoms with Gasteiger partial charge in [-0.2, -0.15) is 0 Å². The van der Waals surface area contributed by atoms with Crippen LogP contribution in [0.5, 0.6) is 5.75 Å². The predicted octanol–water partition coefficient (Wildman–Crippen LogP) is 3.63. The maximum atomic E-state index is 14.0. The number of anilines is 1. The Labute approximate surface area is 163 Å². The summed E-state index contributed by atoms with van der Waals surface area (Å²) < 4.78 is 14.0. The zero-order chi connectivity index (χ0) is 19.7. The van der Waals surface area contributed by atoms with Gasteiger partial charge in [0.25, 0.3) is 0 Å². The number of aromatic hydroxyl groups is 1. The van der Waals surface area contributed by atoms with Gasteiger partial charge in [-0.3, -0.25) is 0 Å². The Morgan fingerprint density at radius 2 is 2.07 bits per heavy atom. The van der Waals surface area contributed by atoms with Gasteiger partial charge in [0.15, 0.2) is 5.82 Å². The van der Waals surface area contributed by atoms with Crippen molar-refractivity contribution in [3.05, 3.63) is 47.8 Å². The Hall–Kier alpha value is -3.17. The number of hydrogen-bond acceptors (Lipinski definition) is 5. The van der Waals surface area contributed by atoms with Crippen molar-refractivity contribution in [3.8, 4) is 29.4 Å². The van der Waals surface area contributed by atoms with E-state index in [1.165, 1.54) is 18.2 Å². The highest BCUT2D eigenvalue weighted by Crippen LogP contribution is 2.35. The highest BCUT2D eigenvalue weighted by Gasteiger charge is 2.20. The van der Waals surface area contributed by atoms with Gasteiger partial charge in [0.1, 0.15) is 17.3 Å². The average molecular weight is 376 g/mol. The van der Waals surface area contributed by atoms with Crippen molar-refractivity contribution < 1.29 is 9.50 Å². The normalized spacial score (nSPS) is 17.4. The number of terminal acetylenes is 1. The summed E-state index contributed by atoms with van der Waals surface area (Å²) >= 11 is 0. The molecule has 0 saturated carbocycles. The Kier molecular flexibility index (Phi) is 4.84. The molecule has 6 heteroatoms. The van der Waals surface area contributed by atoms with Crippen LogP contribution >= 0.6 is 0 Å². The highest BCUT2D eigenvalue weighted by molar-refractivity contribution is 6.01. The molecule has 1 aliphatic rings. The number of likely N-dealkylation sites (tertiary alicyclic amines) is 1. The van der Waals surface area contributed by atoms with Crippen LogP contribution in [0, 0.1) is 18.2 Å². The van der Waals surface area contributed by atoms with Crippen LogP contribution in [0.2, 0.25) is 0 Å². The van der Waals surface area contributed by atoms with E-state index in [-0.39, 0.29) is 17.6 Å². The second-order valence-electron chi connectivity index (χ2n) is 7.21. The van der Waals surface area contributed by atoms with Gasteiger partial charge in [-0.15, -0.1) is 16.6 Å². The van der Waals surface area contributed by atoms with Crippen LogP contribution in [0.25, 0.3) is 22.0 Å². The molecule has 0 aliphatic carbocycles. The lowest BCUT2D eigenvalue weighted by Crippen LogP contribution is -2.40. The molecule has 1 unspecified atom stereocenters. The monoisotopic (exact) mass is 376 g/mol. The molecule has 142 valence electrons. The fourth-order valence-electron chi connectivity index (χ4n) is 3.73. The Morgan fingerprint density at radius 3 is 2.82 bits per heavy atom. The van der Waals surface area contributed by atoms with Crippen LogP contribution in [0.4, 0.5) is 10.2 Å².